The molecule has 1 fully saturated rings. The number of ether oxygens (including phenoxy) is 2. The van der Waals surface area contributed by atoms with Crippen LogP contribution in [0, 0.1) is 16.0 Å². The zero-order valence-corrected chi connectivity index (χ0v) is 15.6. The maximum atomic E-state index is 10.7. The lowest BCUT2D eigenvalue weighted by Crippen LogP contribution is -2.28. The quantitative estimate of drug-likeness (QED) is 0.594. The first-order chi connectivity index (χ1) is 13.0. The fourth-order valence-electron chi connectivity index (χ4n) is 3.29. The van der Waals surface area contributed by atoms with Gasteiger partial charge in [-0.25, -0.2) is 0 Å². The van der Waals surface area contributed by atoms with Crippen LogP contribution in [0.15, 0.2) is 42.5 Å². The van der Waals surface area contributed by atoms with Gasteiger partial charge in [-0.2, -0.15) is 0 Å². The Hall–Kier alpha value is -2.64. The van der Waals surface area contributed by atoms with Gasteiger partial charge in [0.25, 0.3) is 5.69 Å². The van der Waals surface area contributed by atoms with E-state index in [0.29, 0.717) is 24.0 Å². The van der Waals surface area contributed by atoms with Crippen molar-refractivity contribution in [2.45, 2.75) is 26.1 Å². The lowest BCUT2D eigenvalue weighted by Gasteiger charge is -2.17. The molecular formula is C20H25N3O4. The Bertz CT molecular complexity index is 784. The minimum absolute atomic E-state index is 0.0661. The second kappa shape index (κ2) is 8.37. The van der Waals surface area contributed by atoms with E-state index in [9.17, 15) is 10.1 Å². The van der Waals surface area contributed by atoms with Gasteiger partial charge in [-0.05, 0) is 41.3 Å². The third kappa shape index (κ3) is 4.75. The van der Waals surface area contributed by atoms with E-state index in [1.165, 1.54) is 12.1 Å². The molecule has 144 valence electrons. The van der Waals surface area contributed by atoms with Crippen molar-refractivity contribution in [1.29, 1.82) is 0 Å². The van der Waals surface area contributed by atoms with Crippen LogP contribution in [0.5, 0.6) is 11.5 Å². The highest BCUT2D eigenvalue weighted by atomic mass is 16.6. The number of likely N-dealkylation sites (tertiary alicyclic amines) is 1. The van der Waals surface area contributed by atoms with Crippen LogP contribution >= 0.6 is 0 Å². The zero-order chi connectivity index (χ0) is 19.4. The van der Waals surface area contributed by atoms with Crippen LogP contribution < -0.4 is 15.2 Å². The summed E-state index contributed by atoms with van der Waals surface area (Å²) in [6.45, 7) is 5.19. The van der Waals surface area contributed by atoms with Gasteiger partial charge in [0, 0.05) is 37.8 Å². The van der Waals surface area contributed by atoms with Gasteiger partial charge in [0.1, 0.15) is 6.61 Å². The van der Waals surface area contributed by atoms with Crippen molar-refractivity contribution in [3.63, 3.8) is 0 Å². The number of nitro groups is 1. The molecule has 0 aromatic heterocycles. The van der Waals surface area contributed by atoms with Crippen molar-refractivity contribution in [2.75, 3.05) is 20.2 Å². The molecule has 1 aliphatic rings. The molecule has 2 atom stereocenters. The largest absolute Gasteiger partial charge is 0.493 e. The normalized spacial score (nSPS) is 19.8. The van der Waals surface area contributed by atoms with Crippen molar-refractivity contribution < 1.29 is 14.4 Å². The van der Waals surface area contributed by atoms with E-state index in [1.54, 1.807) is 19.2 Å². The molecule has 1 heterocycles. The summed E-state index contributed by atoms with van der Waals surface area (Å²) in [5.74, 6) is 1.82. The van der Waals surface area contributed by atoms with Crippen molar-refractivity contribution in [3.05, 3.63) is 63.7 Å². The van der Waals surface area contributed by atoms with Gasteiger partial charge in [0.05, 0.1) is 12.0 Å². The predicted molar refractivity (Wildman–Crippen MR) is 103 cm³/mol. The molecule has 0 radical (unpaired) electrons. The summed E-state index contributed by atoms with van der Waals surface area (Å²) < 4.78 is 11.3. The van der Waals surface area contributed by atoms with E-state index < -0.39 is 4.92 Å². The van der Waals surface area contributed by atoms with Crippen molar-refractivity contribution in [3.8, 4) is 11.5 Å². The molecule has 0 spiro atoms. The summed E-state index contributed by atoms with van der Waals surface area (Å²) in [6, 6.07) is 12.5. The van der Waals surface area contributed by atoms with E-state index in [-0.39, 0.29) is 11.7 Å². The van der Waals surface area contributed by atoms with Crippen LogP contribution in [-0.2, 0) is 13.2 Å². The first kappa shape index (κ1) is 19.1. The highest BCUT2D eigenvalue weighted by molar-refractivity contribution is 5.43. The third-order valence-electron chi connectivity index (χ3n) is 4.92. The third-order valence-corrected chi connectivity index (χ3v) is 4.92. The van der Waals surface area contributed by atoms with Crippen molar-refractivity contribution in [2.24, 2.45) is 11.7 Å². The number of hydrogen-bond acceptors (Lipinski definition) is 6. The van der Waals surface area contributed by atoms with E-state index in [1.807, 2.05) is 18.2 Å². The summed E-state index contributed by atoms with van der Waals surface area (Å²) in [4.78, 5) is 12.7. The van der Waals surface area contributed by atoms with Gasteiger partial charge < -0.3 is 15.2 Å². The summed E-state index contributed by atoms with van der Waals surface area (Å²) >= 11 is 0. The standard InChI is InChI=1S/C20H25N3O4/c1-14-10-22(12-18(14)21)11-16-5-8-19(26-2)20(9-16)27-13-15-3-6-17(7-4-15)23(24)25/h3-9,14,18H,10-13,21H2,1-2H3. The fraction of sp³-hybridized carbons (Fsp3) is 0.400. The number of nitrogens with zero attached hydrogens (tertiary/aromatic N) is 2. The first-order valence-corrected chi connectivity index (χ1v) is 8.97. The van der Waals surface area contributed by atoms with Crippen molar-refractivity contribution >= 4 is 5.69 Å². The van der Waals surface area contributed by atoms with Crippen LogP contribution in [0.2, 0.25) is 0 Å². The van der Waals surface area contributed by atoms with E-state index >= 15 is 0 Å². The molecule has 0 amide bonds. The summed E-state index contributed by atoms with van der Waals surface area (Å²) in [5.41, 5.74) is 8.17. The number of rotatable bonds is 7. The smallest absolute Gasteiger partial charge is 0.269 e. The number of nitro benzene ring substituents is 1. The minimum Gasteiger partial charge on any atom is -0.493 e. The number of hydrogen-bond donors (Lipinski definition) is 1. The highest BCUT2D eigenvalue weighted by Gasteiger charge is 2.26. The Morgan fingerprint density at radius 2 is 1.85 bits per heavy atom. The van der Waals surface area contributed by atoms with Crippen LogP contribution in [0.1, 0.15) is 18.1 Å². The molecule has 0 bridgehead atoms. The summed E-state index contributed by atoms with van der Waals surface area (Å²) in [6.07, 6.45) is 0. The maximum Gasteiger partial charge on any atom is 0.269 e. The Kier molecular flexibility index (Phi) is 5.93. The van der Waals surface area contributed by atoms with Gasteiger partial charge >= 0.3 is 0 Å². The molecule has 1 saturated heterocycles. The maximum absolute atomic E-state index is 10.7. The van der Waals surface area contributed by atoms with Gasteiger partial charge in [0.15, 0.2) is 11.5 Å². The Morgan fingerprint density at radius 3 is 2.44 bits per heavy atom. The topological polar surface area (TPSA) is 90.9 Å². The van der Waals surface area contributed by atoms with E-state index in [2.05, 4.69) is 11.8 Å². The number of non-ortho nitro benzene ring substituents is 1. The molecule has 2 unspecified atom stereocenters. The van der Waals surface area contributed by atoms with E-state index in [4.69, 9.17) is 15.2 Å². The van der Waals surface area contributed by atoms with Gasteiger partial charge in [-0.3, -0.25) is 15.0 Å². The van der Waals surface area contributed by atoms with Crippen LogP contribution in [0.4, 0.5) is 5.69 Å². The first-order valence-electron chi connectivity index (χ1n) is 8.97. The van der Waals surface area contributed by atoms with Gasteiger partial charge in [0.2, 0.25) is 0 Å². The molecule has 2 N–H and O–H groups in total. The highest BCUT2D eigenvalue weighted by Crippen LogP contribution is 2.30. The molecule has 27 heavy (non-hydrogen) atoms. The Morgan fingerprint density at radius 1 is 1.15 bits per heavy atom. The minimum atomic E-state index is -0.414. The average Bonchev–Trinajstić information content (AvgIpc) is 2.97. The fourth-order valence-corrected chi connectivity index (χ4v) is 3.29. The summed E-state index contributed by atoms with van der Waals surface area (Å²) in [5, 5.41) is 10.7. The molecular weight excluding hydrogens is 346 g/mol. The van der Waals surface area contributed by atoms with Gasteiger partial charge in [-0.15, -0.1) is 0 Å². The lowest BCUT2D eigenvalue weighted by atomic mass is 10.1. The van der Waals surface area contributed by atoms with Crippen LogP contribution in [-0.4, -0.2) is 36.1 Å². The molecule has 0 saturated carbocycles. The number of benzene rings is 2. The second-order valence-electron chi connectivity index (χ2n) is 7.03. The second-order valence-corrected chi connectivity index (χ2v) is 7.03. The van der Waals surface area contributed by atoms with Crippen LogP contribution in [0.25, 0.3) is 0 Å². The SMILES string of the molecule is COc1ccc(CN2CC(C)C(N)C2)cc1OCc1ccc([N+](=O)[O-])cc1. The molecule has 2 aromatic rings. The van der Waals surface area contributed by atoms with Crippen molar-refractivity contribution in [1.82, 2.24) is 4.90 Å². The average molecular weight is 371 g/mol. The summed E-state index contributed by atoms with van der Waals surface area (Å²) in [7, 11) is 1.61. The number of nitrogens with two attached hydrogens (primary N) is 1. The number of methoxy groups -OCH3 is 1. The molecule has 3 rings (SSSR count). The molecule has 7 nitrogen and oxygen atoms in total. The Balaban J connectivity index is 1.67. The van der Waals surface area contributed by atoms with E-state index in [0.717, 1.165) is 30.8 Å². The predicted octanol–water partition coefficient (Wildman–Crippen LogP) is 2.96. The zero-order valence-electron chi connectivity index (χ0n) is 15.6. The van der Waals surface area contributed by atoms with Crippen LogP contribution in [0.3, 0.4) is 0 Å². The monoisotopic (exact) mass is 371 g/mol. The molecule has 1 aliphatic heterocycles. The van der Waals surface area contributed by atoms with Gasteiger partial charge in [-0.1, -0.05) is 13.0 Å². The molecule has 7 heteroatoms. The Labute approximate surface area is 158 Å². The molecule has 0 aliphatic carbocycles. The lowest BCUT2D eigenvalue weighted by molar-refractivity contribution is -0.384. The molecule has 2 aromatic carbocycles.